The first-order valence-corrected chi connectivity index (χ1v) is 5.77. The second-order valence-electron chi connectivity index (χ2n) is 3.83. The van der Waals surface area contributed by atoms with Crippen LogP contribution in [0.15, 0.2) is 39.2 Å². The van der Waals surface area contributed by atoms with Crippen molar-refractivity contribution in [2.75, 3.05) is 0 Å². The maximum Gasteiger partial charge on any atom is 0.153 e. The summed E-state index contributed by atoms with van der Waals surface area (Å²) in [4.78, 5) is 0. The Morgan fingerprint density at radius 3 is 2.75 bits per heavy atom. The zero-order chi connectivity index (χ0) is 11.3. The number of halogens is 1. The van der Waals surface area contributed by atoms with E-state index in [0.29, 0.717) is 10.1 Å². The van der Waals surface area contributed by atoms with Crippen LogP contribution in [0.2, 0.25) is 0 Å². The Morgan fingerprint density at radius 1 is 1.19 bits per heavy atom. The average Bonchev–Trinajstić information content (AvgIpc) is 2.65. The van der Waals surface area contributed by atoms with Crippen LogP contribution in [-0.2, 0) is 0 Å². The molecular weight excluding hydrogens is 267 g/mol. The molecule has 3 aromatic rings. The molecule has 0 unspecified atom stereocenters. The van der Waals surface area contributed by atoms with Gasteiger partial charge in [0.25, 0.3) is 0 Å². The Morgan fingerprint density at radius 2 is 1.94 bits per heavy atom. The van der Waals surface area contributed by atoms with Gasteiger partial charge < -0.3 is 9.52 Å². The van der Waals surface area contributed by atoms with Gasteiger partial charge in [-0.05, 0) is 27.5 Å². The molecule has 16 heavy (non-hydrogen) atoms. The summed E-state index contributed by atoms with van der Waals surface area (Å²) in [6, 6.07) is 9.80. The molecule has 2 aromatic carbocycles. The van der Waals surface area contributed by atoms with E-state index in [4.69, 9.17) is 4.42 Å². The van der Waals surface area contributed by atoms with E-state index in [0.717, 1.165) is 21.8 Å². The molecule has 0 amide bonds. The van der Waals surface area contributed by atoms with Crippen molar-refractivity contribution in [1.29, 1.82) is 0 Å². The van der Waals surface area contributed by atoms with Crippen molar-refractivity contribution in [1.82, 2.24) is 0 Å². The number of phenolic OH excluding ortho intramolecular Hbond substituents is 1. The minimum atomic E-state index is 0.242. The predicted molar refractivity (Wildman–Crippen MR) is 71.3 cm³/mol. The highest BCUT2D eigenvalue weighted by Gasteiger charge is 2.14. The second kappa shape index (κ2) is 3.29. The summed E-state index contributed by atoms with van der Waals surface area (Å²) in [5.41, 5.74) is 2.37. The quantitative estimate of drug-likeness (QED) is 0.639. The van der Waals surface area contributed by atoms with Crippen molar-refractivity contribution in [2.45, 2.75) is 0 Å². The molecule has 1 heterocycles. The molecule has 78 valence electrons. The van der Waals surface area contributed by atoms with Gasteiger partial charge in [0.15, 0.2) is 5.58 Å². The first kappa shape index (κ1) is 9.79. The Bertz CT molecular complexity index is 703. The topological polar surface area (TPSA) is 33.4 Å². The Labute approximate surface area is 101 Å². The molecule has 0 aliphatic heterocycles. The molecular formula is C12H8BBrO2. The van der Waals surface area contributed by atoms with Gasteiger partial charge in [0.1, 0.15) is 23.7 Å². The lowest BCUT2D eigenvalue weighted by atomic mass is 9.93. The molecule has 0 aliphatic carbocycles. The number of hydrogen-bond acceptors (Lipinski definition) is 2. The molecule has 0 spiro atoms. The molecule has 0 fully saturated rings. The van der Waals surface area contributed by atoms with Crippen molar-refractivity contribution in [2.24, 2.45) is 0 Å². The first-order valence-electron chi connectivity index (χ1n) is 4.98. The lowest BCUT2D eigenvalue weighted by Gasteiger charge is -2.01. The van der Waals surface area contributed by atoms with E-state index >= 15 is 0 Å². The maximum atomic E-state index is 9.82. The third kappa shape index (κ3) is 1.20. The van der Waals surface area contributed by atoms with Crippen LogP contribution in [0.1, 0.15) is 0 Å². The van der Waals surface area contributed by atoms with Crippen LogP contribution in [0.3, 0.4) is 0 Å². The highest BCUT2D eigenvalue weighted by atomic mass is 79.9. The second-order valence-corrected chi connectivity index (χ2v) is 4.62. The van der Waals surface area contributed by atoms with Crippen molar-refractivity contribution >= 4 is 51.2 Å². The molecule has 0 radical (unpaired) electrons. The van der Waals surface area contributed by atoms with Gasteiger partial charge in [-0.15, -0.1) is 0 Å². The number of rotatable bonds is 0. The number of benzene rings is 2. The lowest BCUT2D eigenvalue weighted by Crippen LogP contribution is -2.02. The van der Waals surface area contributed by atoms with E-state index in [2.05, 4.69) is 15.9 Å². The Hall–Kier alpha value is -1.42. The fraction of sp³-hybridized carbons (Fsp3) is 0. The molecule has 0 saturated heterocycles. The molecule has 4 heteroatoms. The van der Waals surface area contributed by atoms with Crippen molar-refractivity contribution in [3.8, 4) is 5.75 Å². The highest BCUT2D eigenvalue weighted by molar-refractivity contribution is 9.10. The molecule has 2 nitrogen and oxygen atoms in total. The lowest BCUT2D eigenvalue weighted by molar-refractivity contribution is 0.475. The molecule has 0 bridgehead atoms. The zero-order valence-electron chi connectivity index (χ0n) is 8.62. The standard InChI is InChI=1S/C12H8BBrO2/c13-8-5-7-6-3-1-2-4-9(6)16-12(7)10(14)11(8)15/h1-5,15H,13H2. The van der Waals surface area contributed by atoms with Gasteiger partial charge in [0, 0.05) is 10.8 Å². The van der Waals surface area contributed by atoms with E-state index in [1.54, 1.807) is 0 Å². The summed E-state index contributed by atoms with van der Waals surface area (Å²) in [7, 11) is 1.88. The van der Waals surface area contributed by atoms with Crippen LogP contribution in [0.5, 0.6) is 5.75 Å². The number of aromatic hydroxyl groups is 1. The van der Waals surface area contributed by atoms with E-state index in [1.165, 1.54) is 0 Å². The number of phenols is 1. The Kier molecular flexibility index (Phi) is 2.01. The van der Waals surface area contributed by atoms with Crippen molar-refractivity contribution < 1.29 is 9.52 Å². The minimum Gasteiger partial charge on any atom is -0.507 e. The van der Waals surface area contributed by atoms with Gasteiger partial charge in [-0.2, -0.15) is 0 Å². The summed E-state index contributed by atoms with van der Waals surface area (Å²) in [5, 5.41) is 11.9. The summed E-state index contributed by atoms with van der Waals surface area (Å²) in [6.45, 7) is 0. The smallest absolute Gasteiger partial charge is 0.153 e. The maximum absolute atomic E-state index is 9.82. The fourth-order valence-corrected chi connectivity index (χ4v) is 2.54. The number of fused-ring (bicyclic) bond motifs is 3. The summed E-state index contributed by atoms with van der Waals surface area (Å²) in [5.74, 6) is 0.242. The predicted octanol–water partition coefficient (Wildman–Crippen LogP) is 2.31. The molecule has 1 N–H and O–H groups in total. The van der Waals surface area contributed by atoms with Crippen LogP contribution < -0.4 is 5.46 Å². The van der Waals surface area contributed by atoms with Crippen LogP contribution in [0.4, 0.5) is 0 Å². The van der Waals surface area contributed by atoms with Crippen LogP contribution in [0, 0.1) is 0 Å². The third-order valence-corrected chi connectivity index (χ3v) is 3.51. The zero-order valence-corrected chi connectivity index (χ0v) is 10.2. The molecule has 0 aliphatic rings. The van der Waals surface area contributed by atoms with Crippen molar-refractivity contribution in [3.05, 3.63) is 34.8 Å². The average molecular weight is 275 g/mol. The Balaban J connectivity index is 2.60. The molecule has 3 rings (SSSR count). The van der Waals surface area contributed by atoms with Crippen LogP contribution >= 0.6 is 15.9 Å². The van der Waals surface area contributed by atoms with Crippen molar-refractivity contribution in [3.63, 3.8) is 0 Å². The van der Waals surface area contributed by atoms with Gasteiger partial charge in [0.05, 0.1) is 0 Å². The van der Waals surface area contributed by atoms with E-state index < -0.39 is 0 Å². The first-order chi connectivity index (χ1) is 7.68. The van der Waals surface area contributed by atoms with Gasteiger partial charge >= 0.3 is 0 Å². The highest BCUT2D eigenvalue weighted by Crippen LogP contribution is 2.36. The van der Waals surface area contributed by atoms with E-state index in [-0.39, 0.29) is 5.75 Å². The van der Waals surface area contributed by atoms with Gasteiger partial charge in [-0.1, -0.05) is 24.3 Å². The largest absolute Gasteiger partial charge is 0.507 e. The normalized spacial score (nSPS) is 11.3. The molecule has 0 atom stereocenters. The SMILES string of the molecule is Bc1cc2c(oc3ccccc32)c(Br)c1O. The number of furan rings is 1. The molecule has 0 saturated carbocycles. The fourth-order valence-electron chi connectivity index (χ4n) is 1.94. The minimum absolute atomic E-state index is 0.242. The van der Waals surface area contributed by atoms with Gasteiger partial charge in [0.2, 0.25) is 0 Å². The van der Waals surface area contributed by atoms with Crippen LogP contribution in [-0.4, -0.2) is 13.0 Å². The summed E-state index contributed by atoms with van der Waals surface area (Å²) in [6.07, 6.45) is 0. The van der Waals surface area contributed by atoms with Crippen LogP contribution in [0.25, 0.3) is 21.9 Å². The van der Waals surface area contributed by atoms with E-state index in [1.807, 2.05) is 38.2 Å². The van der Waals surface area contributed by atoms with Gasteiger partial charge in [-0.25, -0.2) is 0 Å². The number of para-hydroxylation sites is 1. The van der Waals surface area contributed by atoms with Gasteiger partial charge in [-0.3, -0.25) is 0 Å². The third-order valence-electron chi connectivity index (χ3n) is 2.78. The summed E-state index contributed by atoms with van der Waals surface area (Å²) < 4.78 is 6.34. The van der Waals surface area contributed by atoms with E-state index in [9.17, 15) is 5.11 Å². The summed E-state index contributed by atoms with van der Waals surface area (Å²) >= 11 is 3.37. The molecule has 1 aromatic heterocycles. The monoisotopic (exact) mass is 274 g/mol. The number of hydrogen-bond donors (Lipinski definition) is 1.